The summed E-state index contributed by atoms with van der Waals surface area (Å²) in [7, 11) is 0. The van der Waals surface area contributed by atoms with Gasteiger partial charge in [0.05, 0.1) is 6.61 Å². The second-order valence-corrected chi connectivity index (χ2v) is 5.02. The molecule has 0 radical (unpaired) electrons. The first-order valence-electron chi connectivity index (χ1n) is 6.90. The van der Waals surface area contributed by atoms with E-state index in [1.165, 1.54) is 12.5 Å². The van der Waals surface area contributed by atoms with Crippen molar-refractivity contribution in [2.24, 2.45) is 0 Å². The van der Waals surface area contributed by atoms with Crippen LogP contribution in [0.4, 0.5) is 5.69 Å². The number of anilines is 1. The van der Waals surface area contributed by atoms with E-state index >= 15 is 0 Å². The quantitative estimate of drug-likeness (QED) is 0.532. The van der Waals surface area contributed by atoms with E-state index in [0.29, 0.717) is 6.61 Å². The largest absolute Gasteiger partial charge is 0.463 e. The monoisotopic (exact) mass is 283 g/mol. The van der Waals surface area contributed by atoms with Crippen molar-refractivity contribution in [2.75, 3.05) is 18.9 Å². The number of nitrogens with two attached hydrogens (primary N) is 1. The van der Waals surface area contributed by atoms with Gasteiger partial charge in [-0.2, -0.15) is 0 Å². The molecule has 0 amide bonds. The molecule has 21 heavy (non-hydrogen) atoms. The van der Waals surface area contributed by atoms with Crippen molar-refractivity contribution in [2.45, 2.75) is 13.0 Å². The first-order valence-corrected chi connectivity index (χ1v) is 6.90. The number of carbonyl (C=O) groups excluding carboxylic acids is 1. The first kappa shape index (κ1) is 13.6. The maximum atomic E-state index is 10.8. The Bertz CT molecular complexity index is 681. The highest BCUT2D eigenvalue weighted by Gasteiger charge is 2.29. The Hall–Kier alpha value is -2.33. The molecule has 0 aliphatic heterocycles. The van der Waals surface area contributed by atoms with Crippen LogP contribution in [0.2, 0.25) is 0 Å². The van der Waals surface area contributed by atoms with Gasteiger partial charge in [0, 0.05) is 12.6 Å². The average molecular weight is 283 g/mol. The molecule has 2 aromatic carbocycles. The van der Waals surface area contributed by atoms with E-state index in [0.717, 1.165) is 22.4 Å². The standard InChI is InChI=1S/C17H17NO3/c1-11(19)20-8-9-21-17-15-5-3-2-4-13(15)14-7-6-12(18)10-16(14)17/h2-7,10,17H,8-9,18H2,1H3. The van der Waals surface area contributed by atoms with Crippen molar-refractivity contribution in [1.82, 2.24) is 0 Å². The fourth-order valence-corrected chi connectivity index (χ4v) is 2.71. The van der Waals surface area contributed by atoms with Crippen LogP contribution in [0.5, 0.6) is 0 Å². The molecular formula is C17H17NO3. The van der Waals surface area contributed by atoms with Crippen molar-refractivity contribution >= 4 is 11.7 Å². The van der Waals surface area contributed by atoms with E-state index in [9.17, 15) is 4.79 Å². The minimum atomic E-state index is -0.296. The van der Waals surface area contributed by atoms with E-state index in [1.54, 1.807) is 0 Å². The van der Waals surface area contributed by atoms with Gasteiger partial charge < -0.3 is 15.2 Å². The predicted octanol–water partition coefficient (Wildman–Crippen LogP) is 2.92. The summed E-state index contributed by atoms with van der Waals surface area (Å²) in [6.07, 6.45) is -0.157. The zero-order valence-corrected chi connectivity index (χ0v) is 11.8. The zero-order chi connectivity index (χ0) is 14.8. The normalized spacial score (nSPS) is 15.4. The van der Waals surface area contributed by atoms with Crippen molar-refractivity contribution in [3.63, 3.8) is 0 Å². The molecule has 1 unspecified atom stereocenters. The van der Waals surface area contributed by atoms with Crippen LogP contribution >= 0.6 is 0 Å². The lowest BCUT2D eigenvalue weighted by Gasteiger charge is -2.15. The Labute approximate surface area is 123 Å². The van der Waals surface area contributed by atoms with Gasteiger partial charge in [-0.15, -0.1) is 0 Å². The Kier molecular flexibility index (Phi) is 3.62. The Balaban J connectivity index is 1.86. The predicted molar refractivity (Wildman–Crippen MR) is 80.7 cm³/mol. The average Bonchev–Trinajstić information content (AvgIpc) is 2.77. The van der Waals surface area contributed by atoms with E-state index < -0.39 is 0 Å². The highest BCUT2D eigenvalue weighted by molar-refractivity contribution is 5.79. The van der Waals surface area contributed by atoms with Crippen molar-refractivity contribution < 1.29 is 14.3 Å². The minimum Gasteiger partial charge on any atom is -0.463 e. The smallest absolute Gasteiger partial charge is 0.302 e. The molecule has 1 atom stereocenters. The fourth-order valence-electron chi connectivity index (χ4n) is 2.71. The number of ether oxygens (including phenoxy) is 2. The first-order chi connectivity index (χ1) is 10.2. The maximum Gasteiger partial charge on any atom is 0.302 e. The number of fused-ring (bicyclic) bond motifs is 3. The molecule has 4 nitrogen and oxygen atoms in total. The summed E-state index contributed by atoms with van der Waals surface area (Å²) < 4.78 is 10.8. The summed E-state index contributed by atoms with van der Waals surface area (Å²) >= 11 is 0. The van der Waals surface area contributed by atoms with Gasteiger partial charge in [0.2, 0.25) is 0 Å². The Morgan fingerprint density at radius 2 is 1.86 bits per heavy atom. The molecule has 0 saturated carbocycles. The van der Waals surface area contributed by atoms with Crippen LogP contribution in [-0.4, -0.2) is 19.2 Å². The lowest BCUT2D eigenvalue weighted by molar-refractivity contribution is -0.142. The van der Waals surface area contributed by atoms with Gasteiger partial charge in [-0.1, -0.05) is 30.3 Å². The summed E-state index contributed by atoms with van der Waals surface area (Å²) in [4.78, 5) is 10.8. The summed E-state index contributed by atoms with van der Waals surface area (Å²) in [6, 6.07) is 14.0. The fraction of sp³-hybridized carbons (Fsp3) is 0.235. The van der Waals surface area contributed by atoms with Gasteiger partial charge in [-0.3, -0.25) is 4.79 Å². The van der Waals surface area contributed by atoms with E-state index in [2.05, 4.69) is 12.1 Å². The van der Waals surface area contributed by atoms with Gasteiger partial charge in [-0.05, 0) is 34.4 Å². The van der Waals surface area contributed by atoms with E-state index in [1.807, 2.05) is 30.3 Å². The minimum absolute atomic E-state index is 0.157. The summed E-state index contributed by atoms with van der Waals surface area (Å²) in [6.45, 7) is 2.00. The number of esters is 1. The molecule has 1 aliphatic rings. The molecule has 2 N–H and O–H groups in total. The lowest BCUT2D eigenvalue weighted by Crippen LogP contribution is -2.11. The zero-order valence-electron chi connectivity index (χ0n) is 11.8. The van der Waals surface area contributed by atoms with Crippen LogP contribution in [0.1, 0.15) is 24.2 Å². The molecule has 0 heterocycles. The van der Waals surface area contributed by atoms with Crippen molar-refractivity contribution in [1.29, 1.82) is 0 Å². The summed E-state index contributed by atoms with van der Waals surface area (Å²) in [5.74, 6) is -0.296. The number of benzene rings is 2. The van der Waals surface area contributed by atoms with Crippen LogP contribution < -0.4 is 5.73 Å². The second-order valence-electron chi connectivity index (χ2n) is 5.02. The molecule has 0 saturated heterocycles. The van der Waals surface area contributed by atoms with Crippen LogP contribution in [0.15, 0.2) is 42.5 Å². The molecule has 0 aromatic heterocycles. The molecule has 108 valence electrons. The SMILES string of the molecule is CC(=O)OCCOC1c2ccccc2-c2ccc(N)cc21. The summed E-state index contributed by atoms with van der Waals surface area (Å²) in [5, 5.41) is 0. The van der Waals surface area contributed by atoms with E-state index in [-0.39, 0.29) is 18.7 Å². The van der Waals surface area contributed by atoms with Gasteiger partial charge in [0.15, 0.2) is 0 Å². The maximum absolute atomic E-state index is 10.8. The van der Waals surface area contributed by atoms with Crippen LogP contribution in [0, 0.1) is 0 Å². The van der Waals surface area contributed by atoms with E-state index in [4.69, 9.17) is 15.2 Å². The number of hydrogen-bond acceptors (Lipinski definition) is 4. The molecule has 4 heteroatoms. The number of rotatable bonds is 4. The van der Waals surface area contributed by atoms with Gasteiger partial charge in [0.25, 0.3) is 0 Å². The second kappa shape index (κ2) is 5.58. The number of nitrogen functional groups attached to an aromatic ring is 1. The Morgan fingerprint density at radius 1 is 1.10 bits per heavy atom. The molecule has 3 rings (SSSR count). The third-order valence-electron chi connectivity index (χ3n) is 3.56. The van der Waals surface area contributed by atoms with Gasteiger partial charge in [-0.25, -0.2) is 0 Å². The molecule has 1 aliphatic carbocycles. The van der Waals surface area contributed by atoms with Crippen molar-refractivity contribution in [3.05, 3.63) is 53.6 Å². The molecule has 0 fully saturated rings. The lowest BCUT2D eigenvalue weighted by atomic mass is 10.1. The third-order valence-corrected chi connectivity index (χ3v) is 3.56. The van der Waals surface area contributed by atoms with Gasteiger partial charge in [0.1, 0.15) is 12.7 Å². The molecule has 2 aromatic rings. The highest BCUT2D eigenvalue weighted by atomic mass is 16.6. The highest BCUT2D eigenvalue weighted by Crippen LogP contribution is 2.45. The molecule has 0 bridgehead atoms. The number of carbonyl (C=O) groups is 1. The topological polar surface area (TPSA) is 61.5 Å². The van der Waals surface area contributed by atoms with Crippen LogP contribution in [0.25, 0.3) is 11.1 Å². The van der Waals surface area contributed by atoms with Crippen molar-refractivity contribution in [3.8, 4) is 11.1 Å². The number of hydrogen-bond donors (Lipinski definition) is 1. The van der Waals surface area contributed by atoms with Crippen LogP contribution in [-0.2, 0) is 14.3 Å². The molecular weight excluding hydrogens is 266 g/mol. The van der Waals surface area contributed by atoms with Gasteiger partial charge >= 0.3 is 5.97 Å². The molecule has 0 spiro atoms. The van der Waals surface area contributed by atoms with Crippen LogP contribution in [0.3, 0.4) is 0 Å². The summed E-state index contributed by atoms with van der Waals surface area (Å²) in [5.41, 5.74) is 11.1. The Morgan fingerprint density at radius 3 is 2.67 bits per heavy atom. The third kappa shape index (κ3) is 2.62.